The van der Waals surface area contributed by atoms with Crippen LogP contribution >= 0.6 is 0 Å². The Morgan fingerprint density at radius 2 is 1.76 bits per heavy atom. The van der Waals surface area contributed by atoms with E-state index in [-0.39, 0.29) is 17.2 Å². The van der Waals surface area contributed by atoms with Gasteiger partial charge in [0, 0.05) is 12.7 Å². The van der Waals surface area contributed by atoms with Gasteiger partial charge in [-0.3, -0.25) is 4.79 Å². The molecule has 0 fully saturated rings. The van der Waals surface area contributed by atoms with Crippen LogP contribution in [-0.2, 0) is 11.3 Å². The van der Waals surface area contributed by atoms with Crippen molar-refractivity contribution in [1.82, 2.24) is 0 Å². The number of benzene rings is 2. The van der Waals surface area contributed by atoms with Gasteiger partial charge in [-0.2, -0.15) is 0 Å². The van der Waals surface area contributed by atoms with Gasteiger partial charge in [0.25, 0.3) is 5.91 Å². The van der Waals surface area contributed by atoms with Crippen LogP contribution in [0.25, 0.3) is 0 Å². The third-order valence-electron chi connectivity index (χ3n) is 2.93. The molecule has 0 aromatic heterocycles. The molecule has 108 valence electrons. The lowest BCUT2D eigenvalue weighted by molar-refractivity contribution is 0.0698. The van der Waals surface area contributed by atoms with Gasteiger partial charge < -0.3 is 15.2 Å². The predicted molar refractivity (Wildman–Crippen MR) is 78.5 cm³/mol. The molecule has 5 heteroatoms. The highest BCUT2D eigenvalue weighted by Crippen LogP contribution is 2.16. The Morgan fingerprint density at radius 1 is 1.10 bits per heavy atom. The molecule has 2 aromatic rings. The van der Waals surface area contributed by atoms with Gasteiger partial charge >= 0.3 is 5.97 Å². The van der Waals surface area contributed by atoms with Crippen LogP contribution in [0.15, 0.2) is 48.5 Å². The topological polar surface area (TPSA) is 75.6 Å². The van der Waals surface area contributed by atoms with E-state index in [0.29, 0.717) is 12.2 Å². The zero-order valence-corrected chi connectivity index (χ0v) is 11.5. The molecular formula is C16H15NO4. The standard InChI is InChI=1S/C16H15NO4/c1-21-10-11-6-8-12(9-7-11)15(18)17-14-5-3-2-4-13(14)16(19)20/h2-9H,10H2,1H3,(H,17,18)(H,19,20). The fraction of sp³-hybridized carbons (Fsp3) is 0.125. The van der Waals surface area contributed by atoms with Crippen molar-refractivity contribution in [2.24, 2.45) is 0 Å². The van der Waals surface area contributed by atoms with Crippen molar-refractivity contribution in [2.75, 3.05) is 12.4 Å². The number of carbonyl (C=O) groups is 2. The zero-order chi connectivity index (χ0) is 15.2. The second kappa shape index (κ2) is 6.67. The lowest BCUT2D eigenvalue weighted by atomic mass is 10.1. The third kappa shape index (κ3) is 3.67. The fourth-order valence-electron chi connectivity index (χ4n) is 1.89. The summed E-state index contributed by atoms with van der Waals surface area (Å²) in [5.41, 5.74) is 1.74. The van der Waals surface area contributed by atoms with Gasteiger partial charge in [-0.15, -0.1) is 0 Å². The molecule has 0 saturated carbocycles. The van der Waals surface area contributed by atoms with Crippen LogP contribution < -0.4 is 5.32 Å². The average Bonchev–Trinajstić information content (AvgIpc) is 2.48. The molecule has 0 aliphatic rings. The number of rotatable bonds is 5. The molecule has 0 bridgehead atoms. The van der Waals surface area contributed by atoms with Crippen molar-refractivity contribution in [3.05, 3.63) is 65.2 Å². The lowest BCUT2D eigenvalue weighted by Gasteiger charge is -2.08. The SMILES string of the molecule is COCc1ccc(C(=O)Nc2ccccc2C(=O)O)cc1. The van der Waals surface area contributed by atoms with Crippen molar-refractivity contribution in [2.45, 2.75) is 6.61 Å². The molecule has 5 nitrogen and oxygen atoms in total. The molecule has 0 spiro atoms. The van der Waals surface area contributed by atoms with E-state index < -0.39 is 5.97 Å². The van der Waals surface area contributed by atoms with E-state index in [4.69, 9.17) is 9.84 Å². The van der Waals surface area contributed by atoms with Gasteiger partial charge in [-0.25, -0.2) is 4.79 Å². The largest absolute Gasteiger partial charge is 0.478 e. The van der Waals surface area contributed by atoms with Gasteiger partial charge in [0.15, 0.2) is 0 Å². The second-order valence-electron chi connectivity index (χ2n) is 4.43. The van der Waals surface area contributed by atoms with Crippen molar-refractivity contribution in [3.8, 4) is 0 Å². The van der Waals surface area contributed by atoms with Crippen LogP contribution in [0, 0.1) is 0 Å². The monoisotopic (exact) mass is 285 g/mol. The van der Waals surface area contributed by atoms with Crippen LogP contribution in [0.2, 0.25) is 0 Å². The van der Waals surface area contributed by atoms with Crippen LogP contribution in [0.5, 0.6) is 0 Å². The van der Waals surface area contributed by atoms with Gasteiger partial charge in [0.2, 0.25) is 0 Å². The van der Waals surface area contributed by atoms with Gasteiger partial charge in [-0.1, -0.05) is 24.3 Å². The van der Waals surface area contributed by atoms with Crippen LogP contribution in [-0.4, -0.2) is 24.1 Å². The highest BCUT2D eigenvalue weighted by Gasteiger charge is 2.12. The zero-order valence-electron chi connectivity index (χ0n) is 11.5. The van der Waals surface area contributed by atoms with Crippen LogP contribution in [0.3, 0.4) is 0 Å². The molecule has 0 aliphatic heterocycles. The van der Waals surface area contributed by atoms with Crippen molar-refractivity contribution in [3.63, 3.8) is 0 Å². The minimum atomic E-state index is -1.08. The van der Waals surface area contributed by atoms with Crippen molar-refractivity contribution < 1.29 is 19.4 Å². The Bertz CT molecular complexity index is 650. The fourth-order valence-corrected chi connectivity index (χ4v) is 1.89. The highest BCUT2D eigenvalue weighted by atomic mass is 16.5. The first-order valence-electron chi connectivity index (χ1n) is 6.33. The summed E-state index contributed by atoms with van der Waals surface area (Å²) in [5, 5.41) is 11.7. The minimum Gasteiger partial charge on any atom is -0.478 e. The maximum Gasteiger partial charge on any atom is 0.337 e. The van der Waals surface area contributed by atoms with Crippen LogP contribution in [0.1, 0.15) is 26.3 Å². The molecule has 2 N–H and O–H groups in total. The summed E-state index contributed by atoms with van der Waals surface area (Å²) in [6, 6.07) is 13.2. The van der Waals surface area contributed by atoms with E-state index >= 15 is 0 Å². The number of methoxy groups -OCH3 is 1. The number of hydrogen-bond acceptors (Lipinski definition) is 3. The molecule has 1 amide bonds. The number of carbonyl (C=O) groups excluding carboxylic acids is 1. The highest BCUT2D eigenvalue weighted by molar-refractivity contribution is 6.07. The lowest BCUT2D eigenvalue weighted by Crippen LogP contribution is -2.14. The number of amides is 1. The maximum atomic E-state index is 12.1. The predicted octanol–water partition coefficient (Wildman–Crippen LogP) is 2.78. The number of carboxylic acid groups (broad SMARTS) is 1. The number of carboxylic acids is 1. The molecule has 0 atom stereocenters. The van der Waals surface area contributed by atoms with E-state index in [1.165, 1.54) is 6.07 Å². The summed E-state index contributed by atoms with van der Waals surface area (Å²) in [7, 11) is 1.60. The first-order valence-corrected chi connectivity index (χ1v) is 6.33. The van der Waals surface area contributed by atoms with Gasteiger partial charge in [0.1, 0.15) is 0 Å². The Labute approximate surface area is 122 Å². The van der Waals surface area contributed by atoms with Crippen molar-refractivity contribution in [1.29, 1.82) is 0 Å². The van der Waals surface area contributed by atoms with E-state index in [2.05, 4.69) is 5.32 Å². The first kappa shape index (κ1) is 14.7. The van der Waals surface area contributed by atoms with E-state index in [0.717, 1.165) is 5.56 Å². The minimum absolute atomic E-state index is 0.0573. The van der Waals surface area contributed by atoms with Crippen molar-refractivity contribution >= 4 is 17.6 Å². The molecule has 0 radical (unpaired) electrons. The molecule has 2 rings (SSSR count). The van der Waals surface area contributed by atoms with Gasteiger partial charge in [0.05, 0.1) is 17.9 Å². The summed E-state index contributed by atoms with van der Waals surface area (Å²) in [5.74, 6) is -1.44. The van der Waals surface area contributed by atoms with Crippen LogP contribution in [0.4, 0.5) is 5.69 Å². The Kier molecular flexibility index (Phi) is 4.68. The van der Waals surface area contributed by atoms with E-state index in [1.54, 1.807) is 49.6 Å². The smallest absolute Gasteiger partial charge is 0.337 e. The number of ether oxygens (including phenoxy) is 1. The molecule has 0 unspecified atom stereocenters. The molecule has 0 heterocycles. The summed E-state index contributed by atoms with van der Waals surface area (Å²) in [4.78, 5) is 23.2. The maximum absolute atomic E-state index is 12.1. The Balaban J connectivity index is 2.16. The second-order valence-corrected chi connectivity index (χ2v) is 4.43. The average molecular weight is 285 g/mol. The Hall–Kier alpha value is -2.66. The summed E-state index contributed by atoms with van der Waals surface area (Å²) in [6.07, 6.45) is 0. The molecule has 2 aromatic carbocycles. The molecule has 0 saturated heterocycles. The van der Waals surface area contributed by atoms with E-state index in [9.17, 15) is 9.59 Å². The summed E-state index contributed by atoms with van der Waals surface area (Å²) < 4.78 is 5.00. The Morgan fingerprint density at radius 3 is 2.38 bits per heavy atom. The summed E-state index contributed by atoms with van der Waals surface area (Å²) >= 11 is 0. The number of aromatic carboxylic acids is 1. The quantitative estimate of drug-likeness (QED) is 0.885. The number of nitrogens with one attached hydrogen (secondary N) is 1. The number of anilines is 1. The number of hydrogen-bond donors (Lipinski definition) is 2. The first-order chi connectivity index (χ1) is 10.1. The van der Waals surface area contributed by atoms with E-state index in [1.807, 2.05) is 0 Å². The third-order valence-corrected chi connectivity index (χ3v) is 2.93. The van der Waals surface area contributed by atoms with Gasteiger partial charge in [-0.05, 0) is 29.8 Å². The molecular weight excluding hydrogens is 270 g/mol. The summed E-state index contributed by atoms with van der Waals surface area (Å²) in [6.45, 7) is 0.476. The molecule has 21 heavy (non-hydrogen) atoms. The molecule has 0 aliphatic carbocycles. The normalized spacial score (nSPS) is 10.1. The number of para-hydroxylation sites is 1.